The monoisotopic (exact) mass is 629 g/mol. The summed E-state index contributed by atoms with van der Waals surface area (Å²) in [4.78, 5) is 13.0. The van der Waals surface area contributed by atoms with Crippen LogP contribution in [0.25, 0.3) is 16.1 Å². The zero-order valence-electron chi connectivity index (χ0n) is 26.7. The first-order valence-electron chi connectivity index (χ1n) is 15.8. The number of rotatable bonds is 14. The molecule has 0 radical (unpaired) electrons. The fraction of sp³-hybridized carbons (Fsp3) is 0.710. The van der Waals surface area contributed by atoms with E-state index in [1.807, 2.05) is 16.9 Å². The quantitative estimate of drug-likeness (QED) is 0.111. The highest BCUT2D eigenvalue weighted by Crippen LogP contribution is 2.48. The molecule has 2 bridgehead atoms. The van der Waals surface area contributed by atoms with Gasteiger partial charge in [0.1, 0.15) is 30.4 Å². The van der Waals surface area contributed by atoms with Crippen molar-refractivity contribution in [1.29, 1.82) is 0 Å². The van der Waals surface area contributed by atoms with Crippen molar-refractivity contribution < 1.29 is 14.6 Å². The van der Waals surface area contributed by atoms with Crippen molar-refractivity contribution in [2.75, 3.05) is 31.6 Å². The van der Waals surface area contributed by atoms with E-state index >= 15 is 0 Å². The smallest absolute Gasteiger partial charge is 0.166 e. The molecule has 0 aliphatic heterocycles. The number of aliphatic hydroxyl groups is 1. The maximum Gasteiger partial charge on any atom is 0.166 e. The number of hydrogen-bond donors (Lipinski definition) is 1. The van der Waals surface area contributed by atoms with Crippen molar-refractivity contribution in [3.8, 4) is 10.4 Å². The number of ether oxygens (including phenoxy) is 2. The standard InChI is InChI=1S/C31H51N5O3SSi2/c1-22(37)31-32-19-28(40-31)26-18-33-36-29(17-27(34-30(26)36)25-15-23-8-9-24(14-23)16-25)35(20-38-10-12-41(2,3)4)21-39-11-13-42(5,6)7/h17-19,22-25,37H,8-16,20-21H2,1-7H3/t22?,23-,24+,25+. The van der Waals surface area contributed by atoms with E-state index in [1.54, 1.807) is 6.92 Å². The molecule has 2 fully saturated rings. The summed E-state index contributed by atoms with van der Waals surface area (Å²) in [6, 6.07) is 4.51. The van der Waals surface area contributed by atoms with Gasteiger partial charge in [-0.15, -0.1) is 11.3 Å². The molecule has 8 nitrogen and oxygen atoms in total. The van der Waals surface area contributed by atoms with Gasteiger partial charge in [-0.1, -0.05) is 52.1 Å². The van der Waals surface area contributed by atoms with Crippen molar-refractivity contribution in [2.45, 2.75) is 102 Å². The Bertz CT molecular complexity index is 1300. The predicted molar refractivity (Wildman–Crippen MR) is 178 cm³/mol. The predicted octanol–water partition coefficient (Wildman–Crippen LogP) is 7.63. The molecule has 42 heavy (non-hydrogen) atoms. The van der Waals surface area contributed by atoms with E-state index in [9.17, 15) is 5.11 Å². The molecule has 232 valence electrons. The van der Waals surface area contributed by atoms with Crippen LogP contribution in [0.4, 0.5) is 5.82 Å². The third-order valence-corrected chi connectivity index (χ3v) is 13.3. The third kappa shape index (κ3) is 8.09. The molecule has 4 atom stereocenters. The highest BCUT2D eigenvalue weighted by Gasteiger charge is 2.36. The Morgan fingerprint density at radius 3 is 2.14 bits per heavy atom. The molecule has 2 saturated carbocycles. The van der Waals surface area contributed by atoms with Gasteiger partial charge in [-0.2, -0.15) is 9.61 Å². The van der Waals surface area contributed by atoms with Gasteiger partial charge >= 0.3 is 0 Å². The van der Waals surface area contributed by atoms with Crippen LogP contribution in [0.3, 0.4) is 0 Å². The van der Waals surface area contributed by atoms with Crippen LogP contribution in [-0.2, 0) is 9.47 Å². The van der Waals surface area contributed by atoms with Gasteiger partial charge in [0.05, 0.1) is 16.6 Å². The summed E-state index contributed by atoms with van der Waals surface area (Å²) in [7, 11) is -2.41. The summed E-state index contributed by atoms with van der Waals surface area (Å²) >= 11 is 1.51. The molecule has 0 amide bonds. The zero-order valence-corrected chi connectivity index (χ0v) is 29.5. The number of anilines is 1. The summed E-state index contributed by atoms with van der Waals surface area (Å²) in [6.45, 7) is 18.5. The van der Waals surface area contributed by atoms with Crippen LogP contribution in [0.15, 0.2) is 18.5 Å². The van der Waals surface area contributed by atoms with Gasteiger partial charge in [-0.05, 0) is 50.1 Å². The fourth-order valence-corrected chi connectivity index (χ4v) is 8.58. The molecule has 3 aromatic heterocycles. The number of aromatic nitrogens is 4. The molecule has 2 aliphatic carbocycles. The first-order chi connectivity index (χ1) is 19.9. The van der Waals surface area contributed by atoms with Crippen LogP contribution in [0.1, 0.15) is 61.8 Å². The first kappa shape index (κ1) is 31.8. The van der Waals surface area contributed by atoms with Crippen molar-refractivity contribution in [2.24, 2.45) is 11.8 Å². The lowest BCUT2D eigenvalue weighted by molar-refractivity contribution is 0.0942. The average molecular weight is 630 g/mol. The molecule has 5 rings (SSSR count). The second kappa shape index (κ2) is 13.2. The average Bonchev–Trinajstić information content (AvgIpc) is 3.64. The Labute approximate surface area is 257 Å². The molecule has 2 aliphatic rings. The zero-order chi connectivity index (χ0) is 30.1. The highest BCUT2D eigenvalue weighted by atomic mass is 32.1. The Hall–Kier alpha value is -1.64. The van der Waals surface area contributed by atoms with E-state index in [0.29, 0.717) is 24.4 Å². The summed E-state index contributed by atoms with van der Waals surface area (Å²) in [5, 5.41) is 15.7. The molecule has 1 unspecified atom stereocenters. The van der Waals surface area contributed by atoms with Crippen LogP contribution in [0.2, 0.25) is 51.4 Å². The van der Waals surface area contributed by atoms with E-state index < -0.39 is 22.3 Å². The van der Waals surface area contributed by atoms with Crippen molar-refractivity contribution in [1.82, 2.24) is 19.6 Å². The fourth-order valence-electron chi connectivity index (χ4n) is 6.20. The van der Waals surface area contributed by atoms with Gasteiger partial charge in [0, 0.05) is 53.2 Å². The second-order valence-electron chi connectivity index (χ2n) is 15.0. The molecule has 11 heteroatoms. The Morgan fingerprint density at radius 2 is 1.60 bits per heavy atom. The Balaban J connectivity index is 1.50. The van der Waals surface area contributed by atoms with Crippen molar-refractivity contribution in [3.05, 3.63) is 29.2 Å². The summed E-state index contributed by atoms with van der Waals surface area (Å²) in [5.74, 6) is 3.07. The molecule has 0 spiro atoms. The van der Waals surface area contributed by atoms with Crippen molar-refractivity contribution >= 4 is 38.9 Å². The highest BCUT2D eigenvalue weighted by molar-refractivity contribution is 7.15. The van der Waals surface area contributed by atoms with Gasteiger partial charge in [0.25, 0.3) is 0 Å². The summed E-state index contributed by atoms with van der Waals surface area (Å²) in [5.41, 5.74) is 2.96. The lowest BCUT2D eigenvalue weighted by atomic mass is 9.79. The lowest BCUT2D eigenvalue weighted by Crippen LogP contribution is -2.33. The van der Waals surface area contributed by atoms with E-state index in [0.717, 1.165) is 64.7 Å². The Kier molecular flexibility index (Phi) is 9.95. The van der Waals surface area contributed by atoms with Gasteiger partial charge in [-0.25, -0.2) is 9.97 Å². The maximum absolute atomic E-state index is 10.1. The van der Waals surface area contributed by atoms with Gasteiger partial charge in [0.15, 0.2) is 5.65 Å². The second-order valence-corrected chi connectivity index (χ2v) is 27.3. The molecular weight excluding hydrogens is 579 g/mol. The van der Waals surface area contributed by atoms with E-state index in [2.05, 4.69) is 55.2 Å². The van der Waals surface area contributed by atoms with Crippen LogP contribution in [0.5, 0.6) is 0 Å². The van der Waals surface area contributed by atoms with E-state index in [1.165, 1.54) is 43.4 Å². The minimum atomic E-state index is -1.20. The number of fused-ring (bicyclic) bond motifs is 3. The molecule has 0 aromatic carbocycles. The minimum Gasteiger partial charge on any atom is -0.386 e. The lowest BCUT2D eigenvalue weighted by Gasteiger charge is -2.30. The number of aliphatic hydroxyl groups excluding tert-OH is 1. The number of hydrogen-bond acceptors (Lipinski definition) is 8. The van der Waals surface area contributed by atoms with Gasteiger partial charge < -0.3 is 19.5 Å². The summed E-state index contributed by atoms with van der Waals surface area (Å²) in [6.07, 6.45) is 9.68. The largest absolute Gasteiger partial charge is 0.386 e. The van der Waals surface area contributed by atoms with E-state index in [-0.39, 0.29) is 0 Å². The van der Waals surface area contributed by atoms with Gasteiger partial charge in [-0.3, -0.25) is 0 Å². The third-order valence-electron chi connectivity index (χ3n) is 8.73. The maximum atomic E-state index is 10.1. The van der Waals surface area contributed by atoms with Crippen LogP contribution >= 0.6 is 11.3 Å². The molecule has 3 heterocycles. The van der Waals surface area contributed by atoms with Crippen LogP contribution in [0, 0.1) is 11.8 Å². The van der Waals surface area contributed by atoms with E-state index in [4.69, 9.17) is 19.6 Å². The first-order valence-corrected chi connectivity index (χ1v) is 24.0. The van der Waals surface area contributed by atoms with Crippen LogP contribution in [-0.4, -0.2) is 67.5 Å². The van der Waals surface area contributed by atoms with Gasteiger partial charge in [0.2, 0.25) is 0 Å². The molecule has 3 aromatic rings. The van der Waals surface area contributed by atoms with Crippen molar-refractivity contribution in [3.63, 3.8) is 0 Å². The normalized spacial score (nSPS) is 21.8. The molecular formula is C31H51N5O3SSi2. The SMILES string of the molecule is CC(O)c1ncc(-c2cnn3c(N(COCC[Si](C)(C)C)COCC[Si](C)(C)C)cc([C@H]4C[C@@H]5CC[C@@H](C5)C4)nc23)s1. The minimum absolute atomic E-state index is 0.452. The topological polar surface area (TPSA) is 85.0 Å². The molecule has 0 saturated heterocycles. The summed E-state index contributed by atoms with van der Waals surface area (Å²) < 4.78 is 14.6. The Morgan fingerprint density at radius 1 is 0.976 bits per heavy atom. The number of thiazole rings is 1. The number of nitrogens with zero attached hydrogens (tertiary/aromatic N) is 5. The molecule has 1 N–H and O–H groups in total. The van der Waals surface area contributed by atoms with Crippen LogP contribution < -0.4 is 4.90 Å².